The van der Waals surface area contributed by atoms with Crippen molar-refractivity contribution >= 4 is 21.7 Å². The van der Waals surface area contributed by atoms with Crippen LogP contribution >= 0.6 is 0 Å². The summed E-state index contributed by atoms with van der Waals surface area (Å²) in [6, 6.07) is 3.80. The predicted molar refractivity (Wildman–Crippen MR) is 69.1 cm³/mol. The van der Waals surface area contributed by atoms with E-state index in [-0.39, 0.29) is 29.3 Å². The molecular weight excluding hydrogens is 272 g/mol. The maximum Gasteiger partial charge on any atom is 0.337 e. The lowest BCUT2D eigenvalue weighted by Gasteiger charge is -2.09. The molecule has 0 amide bonds. The number of sulfonamides is 1. The number of anilines is 1. The van der Waals surface area contributed by atoms with Crippen LogP contribution in [0.5, 0.6) is 0 Å². The van der Waals surface area contributed by atoms with E-state index < -0.39 is 16.0 Å². The van der Waals surface area contributed by atoms with Gasteiger partial charge in [-0.25, -0.2) is 17.9 Å². The minimum Gasteiger partial charge on any atom is -0.465 e. The number of nitrogen functional groups attached to an aromatic ring is 1. The Hall–Kier alpha value is -1.64. The van der Waals surface area contributed by atoms with Crippen LogP contribution in [0.4, 0.5) is 5.69 Å². The molecule has 7 nitrogen and oxygen atoms in total. The number of esters is 1. The first kappa shape index (κ1) is 15.4. The second-order valence-electron chi connectivity index (χ2n) is 3.72. The Morgan fingerprint density at radius 2 is 2.16 bits per heavy atom. The Morgan fingerprint density at radius 3 is 2.68 bits per heavy atom. The number of aliphatic hydroxyl groups is 1. The van der Waals surface area contributed by atoms with E-state index in [1.54, 1.807) is 0 Å². The summed E-state index contributed by atoms with van der Waals surface area (Å²) in [4.78, 5) is 11.2. The minimum atomic E-state index is -3.75. The van der Waals surface area contributed by atoms with Crippen LogP contribution in [0.25, 0.3) is 0 Å². The highest BCUT2D eigenvalue weighted by atomic mass is 32.2. The molecule has 0 spiro atoms. The molecule has 0 unspecified atom stereocenters. The maximum atomic E-state index is 11.9. The van der Waals surface area contributed by atoms with Gasteiger partial charge in [-0.15, -0.1) is 0 Å². The number of carbonyl (C=O) groups is 1. The number of methoxy groups -OCH3 is 1. The van der Waals surface area contributed by atoms with Crippen LogP contribution in [0.1, 0.15) is 16.8 Å². The van der Waals surface area contributed by atoms with Crippen LogP contribution in [-0.4, -0.2) is 39.8 Å². The molecule has 0 bridgehead atoms. The van der Waals surface area contributed by atoms with Gasteiger partial charge >= 0.3 is 5.97 Å². The molecule has 1 aromatic rings. The maximum absolute atomic E-state index is 11.9. The van der Waals surface area contributed by atoms with Crippen molar-refractivity contribution in [1.29, 1.82) is 0 Å². The predicted octanol–water partition coefficient (Wildman–Crippen LogP) is -0.284. The second kappa shape index (κ2) is 6.50. The smallest absolute Gasteiger partial charge is 0.337 e. The van der Waals surface area contributed by atoms with E-state index in [2.05, 4.69) is 9.46 Å². The zero-order valence-corrected chi connectivity index (χ0v) is 11.2. The molecule has 106 valence electrons. The first-order valence-electron chi connectivity index (χ1n) is 5.50. The third-order valence-corrected chi connectivity index (χ3v) is 3.88. The van der Waals surface area contributed by atoms with Crippen molar-refractivity contribution in [2.45, 2.75) is 11.3 Å². The van der Waals surface area contributed by atoms with E-state index in [1.807, 2.05) is 0 Å². The van der Waals surface area contributed by atoms with Gasteiger partial charge < -0.3 is 15.6 Å². The second-order valence-corrected chi connectivity index (χ2v) is 5.45. The number of hydrogen-bond acceptors (Lipinski definition) is 6. The first-order valence-corrected chi connectivity index (χ1v) is 6.99. The Bertz CT molecular complexity index is 556. The number of benzene rings is 1. The van der Waals surface area contributed by atoms with Crippen molar-refractivity contribution in [1.82, 2.24) is 4.72 Å². The van der Waals surface area contributed by atoms with Crippen molar-refractivity contribution in [3.05, 3.63) is 23.8 Å². The van der Waals surface area contributed by atoms with Gasteiger partial charge in [-0.3, -0.25) is 0 Å². The molecule has 0 aliphatic heterocycles. The normalized spacial score (nSPS) is 11.3. The molecule has 4 N–H and O–H groups in total. The molecule has 1 aromatic carbocycles. The van der Waals surface area contributed by atoms with Gasteiger partial charge in [-0.05, 0) is 24.6 Å². The summed E-state index contributed by atoms with van der Waals surface area (Å²) in [6.45, 7) is -0.00366. The summed E-state index contributed by atoms with van der Waals surface area (Å²) in [7, 11) is -2.53. The van der Waals surface area contributed by atoms with Gasteiger partial charge in [0.25, 0.3) is 0 Å². The Balaban J connectivity index is 2.99. The van der Waals surface area contributed by atoms with Crippen molar-refractivity contribution in [3.63, 3.8) is 0 Å². The highest BCUT2D eigenvalue weighted by Gasteiger charge is 2.18. The lowest BCUT2D eigenvalue weighted by Crippen LogP contribution is -2.26. The van der Waals surface area contributed by atoms with E-state index in [0.29, 0.717) is 6.42 Å². The lowest BCUT2D eigenvalue weighted by atomic mass is 10.2. The summed E-state index contributed by atoms with van der Waals surface area (Å²) < 4.78 is 30.6. The fourth-order valence-electron chi connectivity index (χ4n) is 1.40. The standard InChI is InChI=1S/C11H16N2O5S/c1-18-11(15)8-3-4-10(9(12)7-8)19(16,17)13-5-2-6-14/h3-4,7,13-14H,2,5-6,12H2,1H3. The zero-order valence-electron chi connectivity index (χ0n) is 10.4. The number of nitrogens with two attached hydrogens (primary N) is 1. The quantitative estimate of drug-likeness (QED) is 0.376. The first-order chi connectivity index (χ1) is 8.92. The molecule has 19 heavy (non-hydrogen) atoms. The third-order valence-electron chi connectivity index (χ3n) is 2.35. The van der Waals surface area contributed by atoms with Crippen molar-refractivity contribution in [3.8, 4) is 0 Å². The van der Waals surface area contributed by atoms with Gasteiger partial charge in [0.1, 0.15) is 4.90 Å². The molecule has 8 heteroatoms. The highest BCUT2D eigenvalue weighted by Crippen LogP contribution is 2.20. The fraction of sp³-hybridized carbons (Fsp3) is 0.364. The minimum absolute atomic E-state index is 0.0422. The van der Waals surface area contributed by atoms with E-state index in [9.17, 15) is 13.2 Å². The average Bonchev–Trinajstić information content (AvgIpc) is 2.37. The van der Waals surface area contributed by atoms with Gasteiger partial charge in [-0.2, -0.15) is 0 Å². The number of carbonyl (C=O) groups excluding carboxylic acids is 1. The largest absolute Gasteiger partial charge is 0.465 e. The molecule has 0 saturated carbocycles. The number of aliphatic hydroxyl groups excluding tert-OH is 1. The van der Waals surface area contributed by atoms with E-state index in [1.165, 1.54) is 25.3 Å². The van der Waals surface area contributed by atoms with E-state index in [0.717, 1.165) is 0 Å². The monoisotopic (exact) mass is 288 g/mol. The molecule has 0 saturated heterocycles. The molecule has 0 aliphatic carbocycles. The molecule has 1 rings (SSSR count). The summed E-state index contributed by atoms with van der Waals surface area (Å²) in [5.74, 6) is -0.594. The van der Waals surface area contributed by atoms with Crippen molar-refractivity contribution in [2.24, 2.45) is 0 Å². The molecule has 0 radical (unpaired) electrons. The topological polar surface area (TPSA) is 119 Å². The van der Waals surface area contributed by atoms with Gasteiger partial charge in [0.2, 0.25) is 10.0 Å². The van der Waals surface area contributed by atoms with Crippen LogP contribution in [0, 0.1) is 0 Å². The Morgan fingerprint density at radius 1 is 1.47 bits per heavy atom. The van der Waals surface area contributed by atoms with Crippen molar-refractivity contribution < 1.29 is 23.1 Å². The van der Waals surface area contributed by atoms with Crippen molar-refractivity contribution in [2.75, 3.05) is 26.0 Å². The summed E-state index contributed by atoms with van der Waals surface area (Å²) in [5.41, 5.74) is 5.76. The number of rotatable bonds is 6. The Kier molecular flexibility index (Phi) is 5.28. The summed E-state index contributed by atoms with van der Waals surface area (Å²) in [6.07, 6.45) is 0.305. The number of nitrogens with one attached hydrogen (secondary N) is 1. The number of ether oxygens (including phenoxy) is 1. The fourth-order valence-corrected chi connectivity index (χ4v) is 2.59. The number of hydrogen-bond donors (Lipinski definition) is 3. The molecule has 0 fully saturated rings. The SMILES string of the molecule is COC(=O)c1ccc(S(=O)(=O)NCCCO)c(N)c1. The van der Waals surface area contributed by atoms with Crippen LogP contribution in [0.15, 0.2) is 23.1 Å². The van der Waals surface area contributed by atoms with Crippen LogP contribution in [0.3, 0.4) is 0 Å². The highest BCUT2D eigenvalue weighted by molar-refractivity contribution is 7.89. The average molecular weight is 288 g/mol. The van der Waals surface area contributed by atoms with Gasteiger partial charge in [-0.1, -0.05) is 0 Å². The van der Waals surface area contributed by atoms with Crippen LogP contribution < -0.4 is 10.5 Å². The van der Waals surface area contributed by atoms with E-state index >= 15 is 0 Å². The van der Waals surface area contributed by atoms with Gasteiger partial charge in [0.15, 0.2) is 0 Å². The molecule has 0 aliphatic rings. The summed E-state index contributed by atoms with van der Waals surface area (Å²) in [5, 5.41) is 8.60. The van der Waals surface area contributed by atoms with Gasteiger partial charge in [0, 0.05) is 13.2 Å². The van der Waals surface area contributed by atoms with Crippen LogP contribution in [0.2, 0.25) is 0 Å². The zero-order chi connectivity index (χ0) is 14.5. The molecular formula is C11H16N2O5S. The third kappa shape index (κ3) is 3.91. The van der Waals surface area contributed by atoms with Gasteiger partial charge in [0.05, 0.1) is 18.4 Å². The molecule has 0 heterocycles. The molecule has 0 atom stereocenters. The Labute approximate surface area is 111 Å². The van der Waals surface area contributed by atoms with E-state index in [4.69, 9.17) is 10.8 Å². The molecule has 0 aromatic heterocycles. The summed E-state index contributed by atoms with van der Waals surface area (Å²) >= 11 is 0. The van der Waals surface area contributed by atoms with Crippen LogP contribution in [-0.2, 0) is 14.8 Å². The lowest BCUT2D eigenvalue weighted by molar-refractivity contribution is 0.0600.